The lowest BCUT2D eigenvalue weighted by atomic mass is 10.1. The number of carbonyl (C=O) groups excluding carboxylic acids is 1. The second kappa shape index (κ2) is 4.78. The third kappa shape index (κ3) is 2.36. The number of benzene rings is 1. The minimum Gasteiger partial charge on any atom is -0.326 e. The standard InChI is InChI=1S/C13H16N4O/c18-13(7-10-2-1-5-14-10)16-11-3-4-12-9(6-11)8-15-17-12/h3-4,6,8,10,14H,1-2,5,7H2,(H,15,17)(H,16,18)/t10-/m0/s1. The fraction of sp³-hybridized carbons (Fsp3) is 0.385. The number of nitrogens with one attached hydrogen (secondary N) is 3. The molecule has 0 spiro atoms. The minimum atomic E-state index is 0.0669. The van der Waals surface area contributed by atoms with Crippen LogP contribution in [0.25, 0.3) is 10.9 Å². The summed E-state index contributed by atoms with van der Waals surface area (Å²) < 4.78 is 0. The quantitative estimate of drug-likeness (QED) is 0.768. The largest absolute Gasteiger partial charge is 0.326 e. The van der Waals surface area contributed by atoms with E-state index in [4.69, 9.17) is 0 Å². The molecule has 5 nitrogen and oxygen atoms in total. The van der Waals surface area contributed by atoms with Crippen molar-refractivity contribution < 1.29 is 4.79 Å². The molecule has 1 aromatic heterocycles. The molecule has 5 heteroatoms. The molecule has 1 aliphatic rings. The first-order valence-corrected chi connectivity index (χ1v) is 6.27. The average molecular weight is 244 g/mol. The number of amides is 1. The molecular formula is C13H16N4O. The molecule has 0 aliphatic carbocycles. The maximum atomic E-state index is 11.9. The molecule has 1 aliphatic heterocycles. The van der Waals surface area contributed by atoms with Gasteiger partial charge in [0.25, 0.3) is 0 Å². The van der Waals surface area contributed by atoms with Crippen LogP contribution in [0.4, 0.5) is 5.69 Å². The van der Waals surface area contributed by atoms with Crippen LogP contribution in [0.15, 0.2) is 24.4 Å². The van der Waals surface area contributed by atoms with Crippen LogP contribution in [0.3, 0.4) is 0 Å². The van der Waals surface area contributed by atoms with Crippen LogP contribution in [0.1, 0.15) is 19.3 Å². The van der Waals surface area contributed by atoms with Crippen LogP contribution < -0.4 is 10.6 Å². The van der Waals surface area contributed by atoms with Crippen molar-refractivity contribution in [3.63, 3.8) is 0 Å². The highest BCUT2D eigenvalue weighted by Gasteiger charge is 2.17. The van der Waals surface area contributed by atoms with Crippen molar-refractivity contribution in [3.05, 3.63) is 24.4 Å². The Hall–Kier alpha value is -1.88. The molecule has 18 heavy (non-hydrogen) atoms. The molecule has 3 N–H and O–H groups in total. The van der Waals surface area contributed by atoms with Gasteiger partial charge >= 0.3 is 0 Å². The first-order chi connectivity index (χ1) is 8.81. The van der Waals surface area contributed by atoms with Crippen molar-refractivity contribution in [1.29, 1.82) is 0 Å². The lowest BCUT2D eigenvalue weighted by Gasteiger charge is -2.10. The van der Waals surface area contributed by atoms with Crippen molar-refractivity contribution in [3.8, 4) is 0 Å². The number of nitrogens with zero attached hydrogens (tertiary/aromatic N) is 1. The maximum Gasteiger partial charge on any atom is 0.225 e. The van der Waals surface area contributed by atoms with Gasteiger partial charge in [-0.05, 0) is 37.6 Å². The number of aromatic nitrogens is 2. The van der Waals surface area contributed by atoms with E-state index >= 15 is 0 Å². The van der Waals surface area contributed by atoms with Crippen LogP contribution in [0.5, 0.6) is 0 Å². The van der Waals surface area contributed by atoms with Crippen LogP contribution in [-0.2, 0) is 4.79 Å². The van der Waals surface area contributed by atoms with Crippen LogP contribution in [0.2, 0.25) is 0 Å². The van der Waals surface area contributed by atoms with E-state index in [2.05, 4.69) is 20.8 Å². The van der Waals surface area contributed by atoms with Gasteiger partial charge in [0.2, 0.25) is 5.91 Å². The highest BCUT2D eigenvalue weighted by molar-refractivity contribution is 5.93. The van der Waals surface area contributed by atoms with Gasteiger partial charge < -0.3 is 10.6 Å². The summed E-state index contributed by atoms with van der Waals surface area (Å²) in [6.07, 6.45) is 4.56. The van der Waals surface area contributed by atoms with E-state index in [0.29, 0.717) is 12.5 Å². The molecule has 2 aromatic rings. The number of hydrogen-bond acceptors (Lipinski definition) is 3. The van der Waals surface area contributed by atoms with Crippen LogP contribution in [0, 0.1) is 0 Å². The smallest absolute Gasteiger partial charge is 0.225 e. The molecule has 1 aromatic carbocycles. The Morgan fingerprint density at radius 2 is 2.44 bits per heavy atom. The van der Waals surface area contributed by atoms with Gasteiger partial charge in [0.1, 0.15) is 0 Å². The highest BCUT2D eigenvalue weighted by Crippen LogP contribution is 2.17. The van der Waals surface area contributed by atoms with Gasteiger partial charge in [-0.15, -0.1) is 0 Å². The summed E-state index contributed by atoms with van der Waals surface area (Å²) in [6.45, 7) is 1.03. The van der Waals surface area contributed by atoms with Crippen LogP contribution >= 0.6 is 0 Å². The highest BCUT2D eigenvalue weighted by atomic mass is 16.1. The zero-order valence-electron chi connectivity index (χ0n) is 10.1. The Bertz CT molecular complexity index is 557. The maximum absolute atomic E-state index is 11.9. The number of hydrogen-bond donors (Lipinski definition) is 3. The Morgan fingerprint density at radius 3 is 3.28 bits per heavy atom. The SMILES string of the molecule is O=C(C[C@@H]1CCCN1)Nc1ccc2[nH]ncc2c1. The van der Waals surface area contributed by atoms with E-state index in [-0.39, 0.29) is 5.91 Å². The average Bonchev–Trinajstić information content (AvgIpc) is 2.98. The predicted octanol–water partition coefficient (Wildman–Crippen LogP) is 1.64. The fourth-order valence-corrected chi connectivity index (χ4v) is 2.39. The Labute approximate surface area is 105 Å². The molecule has 0 saturated carbocycles. The summed E-state index contributed by atoms with van der Waals surface area (Å²) in [5, 5.41) is 14.1. The molecular weight excluding hydrogens is 228 g/mol. The number of fused-ring (bicyclic) bond motifs is 1. The normalized spacial score (nSPS) is 19.2. The van der Waals surface area contributed by atoms with Gasteiger partial charge in [-0.3, -0.25) is 9.89 Å². The van der Waals surface area contributed by atoms with Gasteiger partial charge in [-0.1, -0.05) is 0 Å². The molecule has 1 atom stereocenters. The van der Waals surface area contributed by atoms with E-state index in [1.165, 1.54) is 6.42 Å². The monoisotopic (exact) mass is 244 g/mol. The van der Waals surface area contributed by atoms with Gasteiger partial charge in [-0.25, -0.2) is 0 Å². The molecule has 1 saturated heterocycles. The van der Waals surface area contributed by atoms with Crippen LogP contribution in [-0.4, -0.2) is 28.7 Å². The van der Waals surface area contributed by atoms with Gasteiger partial charge in [0.15, 0.2) is 0 Å². The third-order valence-electron chi connectivity index (χ3n) is 3.32. The number of carbonyl (C=O) groups is 1. The van der Waals surface area contributed by atoms with E-state index in [1.54, 1.807) is 6.20 Å². The van der Waals surface area contributed by atoms with Crippen molar-refractivity contribution in [1.82, 2.24) is 15.5 Å². The van der Waals surface area contributed by atoms with E-state index in [0.717, 1.165) is 29.6 Å². The third-order valence-corrected chi connectivity index (χ3v) is 3.32. The fourth-order valence-electron chi connectivity index (χ4n) is 2.39. The minimum absolute atomic E-state index is 0.0669. The molecule has 3 rings (SSSR count). The molecule has 0 unspecified atom stereocenters. The lowest BCUT2D eigenvalue weighted by molar-refractivity contribution is -0.116. The molecule has 0 radical (unpaired) electrons. The summed E-state index contributed by atoms with van der Waals surface area (Å²) >= 11 is 0. The second-order valence-corrected chi connectivity index (χ2v) is 4.72. The number of rotatable bonds is 3. The van der Waals surface area contributed by atoms with Crippen molar-refractivity contribution >= 4 is 22.5 Å². The zero-order chi connectivity index (χ0) is 12.4. The summed E-state index contributed by atoms with van der Waals surface area (Å²) in [5.41, 5.74) is 1.80. The van der Waals surface area contributed by atoms with Crippen molar-refractivity contribution in [2.24, 2.45) is 0 Å². The summed E-state index contributed by atoms with van der Waals surface area (Å²) in [7, 11) is 0. The van der Waals surface area contributed by atoms with Crippen molar-refractivity contribution in [2.45, 2.75) is 25.3 Å². The molecule has 1 amide bonds. The lowest BCUT2D eigenvalue weighted by Crippen LogP contribution is -2.27. The van der Waals surface area contributed by atoms with E-state index in [9.17, 15) is 4.79 Å². The Morgan fingerprint density at radius 1 is 1.50 bits per heavy atom. The Balaban J connectivity index is 1.65. The summed E-state index contributed by atoms with van der Waals surface area (Å²) in [5.74, 6) is 0.0669. The van der Waals surface area contributed by atoms with E-state index < -0.39 is 0 Å². The number of H-pyrrole nitrogens is 1. The molecule has 0 bridgehead atoms. The van der Waals surface area contributed by atoms with Gasteiger partial charge in [-0.2, -0.15) is 5.10 Å². The number of anilines is 1. The van der Waals surface area contributed by atoms with E-state index in [1.807, 2.05) is 18.2 Å². The summed E-state index contributed by atoms with van der Waals surface area (Å²) in [6, 6.07) is 6.08. The van der Waals surface area contributed by atoms with Gasteiger partial charge in [0, 0.05) is 23.5 Å². The number of aromatic amines is 1. The first-order valence-electron chi connectivity index (χ1n) is 6.27. The predicted molar refractivity (Wildman–Crippen MR) is 70.4 cm³/mol. The molecule has 2 heterocycles. The summed E-state index contributed by atoms with van der Waals surface area (Å²) in [4.78, 5) is 11.9. The molecule has 1 fully saturated rings. The zero-order valence-corrected chi connectivity index (χ0v) is 10.1. The van der Waals surface area contributed by atoms with Gasteiger partial charge in [0.05, 0.1) is 11.7 Å². The van der Waals surface area contributed by atoms with Crippen molar-refractivity contribution in [2.75, 3.05) is 11.9 Å². The molecule has 94 valence electrons. The second-order valence-electron chi connectivity index (χ2n) is 4.72. The topological polar surface area (TPSA) is 69.8 Å². The first kappa shape index (κ1) is 11.2. The Kier molecular flexibility index (Phi) is 2.98.